The van der Waals surface area contributed by atoms with Gasteiger partial charge in [0.1, 0.15) is 11.5 Å². The van der Waals surface area contributed by atoms with E-state index in [0.29, 0.717) is 0 Å². The van der Waals surface area contributed by atoms with Crippen LogP contribution in [0.5, 0.6) is 11.5 Å². The average molecular weight is 304 g/mol. The van der Waals surface area contributed by atoms with E-state index in [9.17, 15) is 10.2 Å². The van der Waals surface area contributed by atoms with E-state index in [0.717, 1.165) is 16.7 Å². The van der Waals surface area contributed by atoms with E-state index in [-0.39, 0.29) is 16.9 Å². The highest BCUT2D eigenvalue weighted by molar-refractivity contribution is 5.65. The third-order valence-corrected chi connectivity index (χ3v) is 4.37. The highest BCUT2D eigenvalue weighted by Gasteiger charge is 2.23. The lowest BCUT2D eigenvalue weighted by Crippen LogP contribution is -2.18. The zero-order valence-corrected chi connectivity index (χ0v) is 13.3. The molecule has 0 atom stereocenters. The van der Waals surface area contributed by atoms with Crippen molar-refractivity contribution < 1.29 is 10.2 Å². The predicted octanol–water partition coefficient (Wildman–Crippen LogP) is 5.09. The Hall–Kier alpha value is -2.74. The predicted molar refractivity (Wildman–Crippen MR) is 93.8 cm³/mol. The van der Waals surface area contributed by atoms with Crippen LogP contribution in [0.1, 0.15) is 25.0 Å². The Kier molecular flexibility index (Phi) is 3.83. The monoisotopic (exact) mass is 304 g/mol. The molecule has 0 saturated heterocycles. The van der Waals surface area contributed by atoms with Gasteiger partial charge in [0.25, 0.3) is 0 Å². The summed E-state index contributed by atoms with van der Waals surface area (Å²) in [6, 6.07) is 23.0. The van der Waals surface area contributed by atoms with E-state index in [1.807, 2.05) is 24.3 Å². The first-order chi connectivity index (χ1) is 11.0. The summed E-state index contributed by atoms with van der Waals surface area (Å²) in [6.07, 6.45) is 0. The standard InChI is InChI=1S/C21H20O2/c1-21(2,17-8-12-20(23)13-9-17)18-5-3-4-16(14-18)15-6-10-19(22)11-7-15/h3-14,22-23H,1-2H3. The minimum atomic E-state index is -0.166. The molecule has 0 unspecified atom stereocenters. The van der Waals surface area contributed by atoms with Gasteiger partial charge in [-0.3, -0.25) is 0 Å². The molecule has 116 valence electrons. The van der Waals surface area contributed by atoms with Gasteiger partial charge in [0.2, 0.25) is 0 Å². The Morgan fingerprint density at radius 1 is 0.609 bits per heavy atom. The smallest absolute Gasteiger partial charge is 0.115 e. The van der Waals surface area contributed by atoms with Crippen molar-refractivity contribution in [3.05, 3.63) is 83.9 Å². The van der Waals surface area contributed by atoms with Crippen LogP contribution >= 0.6 is 0 Å². The molecule has 0 fully saturated rings. The molecule has 23 heavy (non-hydrogen) atoms. The fourth-order valence-electron chi connectivity index (χ4n) is 2.79. The maximum absolute atomic E-state index is 9.49. The van der Waals surface area contributed by atoms with Gasteiger partial charge in [0.15, 0.2) is 0 Å². The molecular formula is C21H20O2. The fraction of sp³-hybridized carbons (Fsp3) is 0.143. The lowest BCUT2D eigenvalue weighted by molar-refractivity contribution is 0.474. The van der Waals surface area contributed by atoms with Gasteiger partial charge in [-0.25, -0.2) is 0 Å². The van der Waals surface area contributed by atoms with Gasteiger partial charge >= 0.3 is 0 Å². The van der Waals surface area contributed by atoms with Crippen LogP contribution in [0.25, 0.3) is 11.1 Å². The molecular weight excluding hydrogens is 284 g/mol. The highest BCUT2D eigenvalue weighted by Crippen LogP contribution is 2.34. The van der Waals surface area contributed by atoms with E-state index in [4.69, 9.17) is 0 Å². The molecule has 0 aliphatic heterocycles. The second-order valence-electron chi connectivity index (χ2n) is 6.30. The summed E-state index contributed by atoms with van der Waals surface area (Å²) in [7, 11) is 0. The number of phenolic OH excluding ortho intramolecular Hbond substituents is 2. The molecule has 0 aliphatic carbocycles. The van der Waals surface area contributed by atoms with Gasteiger partial charge in [-0.05, 0) is 46.5 Å². The maximum atomic E-state index is 9.49. The number of phenols is 2. The fourth-order valence-corrected chi connectivity index (χ4v) is 2.79. The molecule has 2 heteroatoms. The molecule has 0 radical (unpaired) electrons. The van der Waals surface area contributed by atoms with E-state index >= 15 is 0 Å². The Morgan fingerprint density at radius 2 is 1.17 bits per heavy atom. The van der Waals surface area contributed by atoms with Gasteiger partial charge in [-0.15, -0.1) is 0 Å². The Balaban J connectivity index is 2.01. The molecule has 0 saturated carbocycles. The van der Waals surface area contributed by atoms with Gasteiger partial charge in [-0.2, -0.15) is 0 Å². The molecule has 3 rings (SSSR count). The quantitative estimate of drug-likeness (QED) is 0.707. The minimum absolute atomic E-state index is 0.166. The summed E-state index contributed by atoms with van der Waals surface area (Å²) < 4.78 is 0. The zero-order chi connectivity index (χ0) is 16.4. The molecule has 0 aliphatic rings. The van der Waals surface area contributed by atoms with Crippen molar-refractivity contribution in [1.29, 1.82) is 0 Å². The second-order valence-corrected chi connectivity index (χ2v) is 6.30. The van der Waals surface area contributed by atoms with E-state index in [1.165, 1.54) is 5.56 Å². The topological polar surface area (TPSA) is 40.5 Å². The molecule has 2 nitrogen and oxygen atoms in total. The first-order valence-electron chi connectivity index (χ1n) is 7.66. The van der Waals surface area contributed by atoms with Crippen molar-refractivity contribution in [2.75, 3.05) is 0 Å². The molecule has 3 aromatic carbocycles. The molecule has 2 N–H and O–H groups in total. The lowest BCUT2D eigenvalue weighted by Gasteiger charge is -2.26. The van der Waals surface area contributed by atoms with Crippen molar-refractivity contribution in [2.45, 2.75) is 19.3 Å². The third kappa shape index (κ3) is 3.07. The zero-order valence-electron chi connectivity index (χ0n) is 13.3. The van der Waals surface area contributed by atoms with Crippen molar-refractivity contribution >= 4 is 0 Å². The van der Waals surface area contributed by atoms with Crippen LogP contribution in [0.3, 0.4) is 0 Å². The number of hydrogen-bond acceptors (Lipinski definition) is 2. The minimum Gasteiger partial charge on any atom is -0.508 e. The van der Waals surface area contributed by atoms with Crippen LogP contribution in [-0.4, -0.2) is 10.2 Å². The van der Waals surface area contributed by atoms with Crippen LogP contribution in [-0.2, 0) is 5.41 Å². The summed E-state index contributed by atoms with van der Waals surface area (Å²) in [5.74, 6) is 0.553. The summed E-state index contributed by atoms with van der Waals surface area (Å²) in [5, 5.41) is 18.9. The van der Waals surface area contributed by atoms with Crippen molar-refractivity contribution in [3.8, 4) is 22.6 Å². The van der Waals surface area contributed by atoms with E-state index in [2.05, 4.69) is 38.1 Å². The number of hydrogen-bond donors (Lipinski definition) is 2. The molecule has 0 bridgehead atoms. The Bertz CT molecular complexity index is 800. The SMILES string of the molecule is CC(C)(c1ccc(O)cc1)c1cccc(-c2ccc(O)cc2)c1. The van der Waals surface area contributed by atoms with E-state index < -0.39 is 0 Å². The number of rotatable bonds is 3. The second kappa shape index (κ2) is 5.81. The molecule has 3 aromatic rings. The lowest BCUT2D eigenvalue weighted by atomic mass is 9.77. The van der Waals surface area contributed by atoms with Gasteiger partial charge in [0, 0.05) is 5.41 Å². The van der Waals surface area contributed by atoms with E-state index in [1.54, 1.807) is 24.3 Å². The van der Waals surface area contributed by atoms with Gasteiger partial charge in [0.05, 0.1) is 0 Å². The van der Waals surface area contributed by atoms with Gasteiger partial charge < -0.3 is 10.2 Å². The molecule has 0 heterocycles. The summed E-state index contributed by atoms with van der Waals surface area (Å²) >= 11 is 0. The summed E-state index contributed by atoms with van der Waals surface area (Å²) in [4.78, 5) is 0. The van der Waals surface area contributed by atoms with Crippen LogP contribution in [0, 0.1) is 0 Å². The molecule has 0 amide bonds. The third-order valence-electron chi connectivity index (χ3n) is 4.37. The first kappa shape index (κ1) is 15.2. The summed E-state index contributed by atoms with van der Waals surface area (Å²) in [5.41, 5.74) is 4.38. The largest absolute Gasteiger partial charge is 0.508 e. The Morgan fingerprint density at radius 3 is 1.78 bits per heavy atom. The van der Waals surface area contributed by atoms with Crippen molar-refractivity contribution in [1.82, 2.24) is 0 Å². The number of benzene rings is 3. The molecule has 0 aromatic heterocycles. The van der Waals surface area contributed by atoms with Gasteiger partial charge in [-0.1, -0.05) is 62.4 Å². The maximum Gasteiger partial charge on any atom is 0.115 e. The summed E-state index contributed by atoms with van der Waals surface area (Å²) in [6.45, 7) is 4.35. The van der Waals surface area contributed by atoms with Crippen LogP contribution in [0.4, 0.5) is 0 Å². The van der Waals surface area contributed by atoms with Crippen molar-refractivity contribution in [3.63, 3.8) is 0 Å². The van der Waals surface area contributed by atoms with Crippen LogP contribution in [0.2, 0.25) is 0 Å². The Labute approximate surface area is 136 Å². The van der Waals surface area contributed by atoms with Crippen LogP contribution < -0.4 is 0 Å². The van der Waals surface area contributed by atoms with Crippen LogP contribution in [0.15, 0.2) is 72.8 Å². The molecule has 0 spiro atoms. The normalized spacial score (nSPS) is 11.4. The first-order valence-corrected chi connectivity index (χ1v) is 7.66. The average Bonchev–Trinajstić information content (AvgIpc) is 2.56. The highest BCUT2D eigenvalue weighted by atomic mass is 16.3. The van der Waals surface area contributed by atoms with Crippen molar-refractivity contribution in [2.24, 2.45) is 0 Å². The number of aromatic hydroxyl groups is 2.